The molecular weight excluding hydrogens is 208 g/mol. The summed E-state index contributed by atoms with van der Waals surface area (Å²) in [6, 6.07) is 5.90. The van der Waals surface area contributed by atoms with Gasteiger partial charge in [0.1, 0.15) is 5.75 Å². The van der Waals surface area contributed by atoms with Crippen molar-refractivity contribution >= 4 is 22.8 Å². The van der Waals surface area contributed by atoms with Crippen LogP contribution in [0.4, 0.5) is 0 Å². The van der Waals surface area contributed by atoms with E-state index in [1.807, 2.05) is 0 Å². The number of ether oxygens (including phenoxy) is 1. The van der Waals surface area contributed by atoms with Gasteiger partial charge in [0.2, 0.25) is 0 Å². The van der Waals surface area contributed by atoms with E-state index >= 15 is 0 Å². The predicted octanol–water partition coefficient (Wildman–Crippen LogP) is 1.53. The summed E-state index contributed by atoms with van der Waals surface area (Å²) < 4.78 is 4.85. The van der Waals surface area contributed by atoms with Gasteiger partial charge in [0.15, 0.2) is 6.61 Å². The number of carbonyl (C=O) groups excluding carboxylic acids is 1. The number of benzene rings is 1. The SMILES string of the molecule is O=C(O)COc1ccc(C(=O)Cl)cc1. The molecule has 0 saturated carbocycles. The third kappa shape index (κ3) is 3.06. The van der Waals surface area contributed by atoms with Crippen LogP contribution in [0.2, 0.25) is 0 Å². The third-order valence-corrected chi connectivity index (χ3v) is 1.66. The Bertz CT molecular complexity index is 344. The van der Waals surface area contributed by atoms with E-state index in [1.165, 1.54) is 24.3 Å². The van der Waals surface area contributed by atoms with Crippen molar-refractivity contribution in [2.75, 3.05) is 6.61 Å². The summed E-state index contributed by atoms with van der Waals surface area (Å²) in [5, 5.41) is 7.76. The minimum atomic E-state index is -1.05. The second-order valence-electron chi connectivity index (χ2n) is 2.48. The van der Waals surface area contributed by atoms with E-state index in [-0.39, 0.29) is 0 Å². The van der Waals surface area contributed by atoms with Crippen molar-refractivity contribution in [3.8, 4) is 5.75 Å². The number of carboxylic acids is 1. The second kappa shape index (κ2) is 4.62. The molecule has 0 aliphatic carbocycles. The fourth-order valence-corrected chi connectivity index (χ4v) is 0.953. The van der Waals surface area contributed by atoms with E-state index in [4.69, 9.17) is 21.4 Å². The molecule has 0 bridgehead atoms. The predicted molar refractivity (Wildman–Crippen MR) is 49.8 cm³/mol. The van der Waals surface area contributed by atoms with Crippen molar-refractivity contribution in [1.82, 2.24) is 0 Å². The monoisotopic (exact) mass is 214 g/mol. The minimum Gasteiger partial charge on any atom is -0.482 e. The van der Waals surface area contributed by atoms with Gasteiger partial charge < -0.3 is 9.84 Å². The summed E-state index contributed by atoms with van der Waals surface area (Å²) in [5.41, 5.74) is 0.342. The highest BCUT2D eigenvalue weighted by Gasteiger charge is 2.02. The number of hydrogen-bond donors (Lipinski definition) is 1. The Hall–Kier alpha value is -1.55. The summed E-state index contributed by atoms with van der Waals surface area (Å²) in [6.07, 6.45) is 0. The van der Waals surface area contributed by atoms with Crippen LogP contribution in [0.5, 0.6) is 5.75 Å². The Morgan fingerprint density at radius 1 is 1.29 bits per heavy atom. The Kier molecular flexibility index (Phi) is 3.48. The molecule has 0 heterocycles. The largest absolute Gasteiger partial charge is 0.482 e. The van der Waals surface area contributed by atoms with E-state index in [1.54, 1.807) is 0 Å². The van der Waals surface area contributed by atoms with Gasteiger partial charge in [-0.25, -0.2) is 4.79 Å². The second-order valence-corrected chi connectivity index (χ2v) is 2.82. The zero-order chi connectivity index (χ0) is 10.6. The van der Waals surface area contributed by atoms with Crippen LogP contribution >= 0.6 is 11.6 Å². The summed E-state index contributed by atoms with van der Waals surface area (Å²) in [5.74, 6) is -0.670. The number of carboxylic acid groups (broad SMARTS) is 1. The lowest BCUT2D eigenvalue weighted by atomic mass is 10.2. The summed E-state index contributed by atoms with van der Waals surface area (Å²) >= 11 is 5.21. The molecule has 0 fully saturated rings. The zero-order valence-electron chi connectivity index (χ0n) is 7.07. The van der Waals surface area contributed by atoms with Crippen LogP contribution in [0.25, 0.3) is 0 Å². The number of hydrogen-bond acceptors (Lipinski definition) is 3. The normalized spacial score (nSPS) is 9.50. The van der Waals surface area contributed by atoms with Gasteiger partial charge in [0.05, 0.1) is 0 Å². The Labute approximate surface area is 85.1 Å². The average Bonchev–Trinajstić information content (AvgIpc) is 2.15. The van der Waals surface area contributed by atoms with Crippen LogP contribution in [0.3, 0.4) is 0 Å². The molecule has 1 aromatic rings. The van der Waals surface area contributed by atoms with Gasteiger partial charge in [-0.05, 0) is 35.9 Å². The molecule has 1 aromatic carbocycles. The topological polar surface area (TPSA) is 63.6 Å². The van der Waals surface area contributed by atoms with Gasteiger partial charge in [-0.1, -0.05) is 0 Å². The highest BCUT2D eigenvalue weighted by molar-refractivity contribution is 6.67. The van der Waals surface area contributed by atoms with Crippen LogP contribution in [-0.4, -0.2) is 22.9 Å². The lowest BCUT2D eigenvalue weighted by Crippen LogP contribution is -2.09. The molecule has 1 N–H and O–H groups in total. The van der Waals surface area contributed by atoms with E-state index in [0.29, 0.717) is 11.3 Å². The highest BCUT2D eigenvalue weighted by Crippen LogP contribution is 2.13. The number of halogens is 1. The van der Waals surface area contributed by atoms with Gasteiger partial charge in [0, 0.05) is 5.56 Å². The highest BCUT2D eigenvalue weighted by atomic mass is 35.5. The molecule has 4 nitrogen and oxygen atoms in total. The van der Waals surface area contributed by atoms with E-state index in [9.17, 15) is 9.59 Å². The number of rotatable bonds is 4. The van der Waals surface area contributed by atoms with Gasteiger partial charge in [-0.15, -0.1) is 0 Å². The molecular formula is C9H7ClO4. The molecule has 0 radical (unpaired) electrons. The smallest absolute Gasteiger partial charge is 0.341 e. The standard InChI is InChI=1S/C9H7ClO4/c10-9(13)6-1-3-7(4-2-6)14-5-8(11)12/h1-4H,5H2,(H,11,12). The molecule has 0 saturated heterocycles. The van der Waals surface area contributed by atoms with Gasteiger partial charge in [0.25, 0.3) is 5.24 Å². The molecule has 0 aromatic heterocycles. The lowest BCUT2D eigenvalue weighted by Gasteiger charge is -2.02. The average molecular weight is 215 g/mol. The van der Waals surface area contributed by atoms with Gasteiger partial charge >= 0.3 is 5.97 Å². The molecule has 0 aliphatic rings. The molecule has 0 amide bonds. The van der Waals surface area contributed by atoms with Gasteiger partial charge in [-0.3, -0.25) is 4.79 Å². The number of carbonyl (C=O) groups is 2. The fraction of sp³-hybridized carbons (Fsp3) is 0.111. The van der Waals surface area contributed by atoms with Crippen molar-refractivity contribution in [2.24, 2.45) is 0 Å². The van der Waals surface area contributed by atoms with E-state index < -0.39 is 17.8 Å². The van der Waals surface area contributed by atoms with Crippen LogP contribution in [-0.2, 0) is 4.79 Å². The van der Waals surface area contributed by atoms with Crippen molar-refractivity contribution < 1.29 is 19.4 Å². The molecule has 14 heavy (non-hydrogen) atoms. The molecule has 0 atom stereocenters. The summed E-state index contributed by atoms with van der Waals surface area (Å²) in [7, 11) is 0. The Balaban J connectivity index is 2.64. The molecule has 0 spiro atoms. The Morgan fingerprint density at radius 3 is 2.29 bits per heavy atom. The van der Waals surface area contributed by atoms with Crippen LogP contribution in [0, 0.1) is 0 Å². The maximum atomic E-state index is 10.7. The van der Waals surface area contributed by atoms with Crippen molar-refractivity contribution in [3.63, 3.8) is 0 Å². The van der Waals surface area contributed by atoms with Crippen LogP contribution < -0.4 is 4.74 Å². The lowest BCUT2D eigenvalue weighted by molar-refractivity contribution is -0.139. The molecule has 74 valence electrons. The quantitative estimate of drug-likeness (QED) is 0.772. The number of aliphatic carboxylic acids is 1. The first kappa shape index (κ1) is 10.5. The van der Waals surface area contributed by atoms with E-state index in [0.717, 1.165) is 0 Å². The van der Waals surface area contributed by atoms with Gasteiger partial charge in [-0.2, -0.15) is 0 Å². The first-order valence-corrected chi connectivity index (χ1v) is 4.12. The van der Waals surface area contributed by atoms with Crippen molar-refractivity contribution in [2.45, 2.75) is 0 Å². The molecule has 0 unspecified atom stereocenters. The van der Waals surface area contributed by atoms with Crippen molar-refractivity contribution in [1.29, 1.82) is 0 Å². The molecule has 1 rings (SSSR count). The third-order valence-electron chi connectivity index (χ3n) is 1.44. The van der Waals surface area contributed by atoms with Crippen LogP contribution in [0.1, 0.15) is 10.4 Å². The van der Waals surface area contributed by atoms with E-state index in [2.05, 4.69) is 0 Å². The zero-order valence-corrected chi connectivity index (χ0v) is 7.82. The van der Waals surface area contributed by atoms with Crippen molar-refractivity contribution in [3.05, 3.63) is 29.8 Å². The van der Waals surface area contributed by atoms with Crippen LogP contribution in [0.15, 0.2) is 24.3 Å². The Morgan fingerprint density at radius 2 is 1.86 bits per heavy atom. The first-order valence-electron chi connectivity index (χ1n) is 3.74. The maximum Gasteiger partial charge on any atom is 0.341 e. The summed E-state index contributed by atoms with van der Waals surface area (Å²) in [4.78, 5) is 20.8. The minimum absolute atomic E-state index is 0.342. The maximum absolute atomic E-state index is 10.7. The first-order chi connectivity index (χ1) is 6.59. The molecule has 0 aliphatic heterocycles. The fourth-order valence-electron chi connectivity index (χ4n) is 0.827. The summed E-state index contributed by atoms with van der Waals surface area (Å²) in [6.45, 7) is -0.409. The molecule has 5 heteroatoms.